The first-order valence-corrected chi connectivity index (χ1v) is 9.00. The highest BCUT2D eigenvalue weighted by Gasteiger charge is 2.38. The standard InChI is InChI=1S/C19H14Cl2FN3O2.CH4/c20-14-3-1-2-13-11(8-23-17(13)14)6-16-18(26)25(19(27)24-16)9-10-4-5-12(22)7-15(10)21;/h1-5,7-8,16,23H,6,9H2,(H,24,27);1H4/t16-;/m1./s1. The van der Waals surface area contributed by atoms with Gasteiger partial charge in [-0.05, 0) is 29.3 Å². The van der Waals surface area contributed by atoms with Crippen LogP contribution in [0.15, 0.2) is 42.6 Å². The molecular weight excluding hydrogens is 404 g/mol. The Morgan fingerprint density at radius 1 is 1.07 bits per heavy atom. The fourth-order valence-corrected chi connectivity index (χ4v) is 3.71. The van der Waals surface area contributed by atoms with Crippen molar-refractivity contribution < 1.29 is 14.0 Å². The van der Waals surface area contributed by atoms with Gasteiger partial charge in [-0.25, -0.2) is 9.18 Å². The first kappa shape index (κ1) is 20.2. The molecule has 0 unspecified atom stereocenters. The molecule has 1 fully saturated rings. The summed E-state index contributed by atoms with van der Waals surface area (Å²) in [6.45, 7) is -0.0139. The zero-order chi connectivity index (χ0) is 19.1. The Morgan fingerprint density at radius 2 is 1.86 bits per heavy atom. The molecule has 8 heteroatoms. The van der Waals surface area contributed by atoms with E-state index in [9.17, 15) is 14.0 Å². The monoisotopic (exact) mass is 421 g/mol. The second-order valence-corrected chi connectivity index (χ2v) is 7.16. The summed E-state index contributed by atoms with van der Waals surface area (Å²) in [5.41, 5.74) is 2.18. The molecule has 1 atom stereocenters. The van der Waals surface area contributed by atoms with Gasteiger partial charge in [0, 0.05) is 23.0 Å². The number of carbonyl (C=O) groups is 2. The zero-order valence-electron chi connectivity index (χ0n) is 13.9. The van der Waals surface area contributed by atoms with E-state index in [0.717, 1.165) is 27.4 Å². The second kappa shape index (κ2) is 7.81. The van der Waals surface area contributed by atoms with Gasteiger partial charge < -0.3 is 10.3 Å². The minimum atomic E-state index is -0.685. The van der Waals surface area contributed by atoms with Crippen LogP contribution in [-0.4, -0.2) is 27.9 Å². The van der Waals surface area contributed by atoms with Crippen LogP contribution in [0.3, 0.4) is 0 Å². The van der Waals surface area contributed by atoms with Crippen LogP contribution in [0.25, 0.3) is 10.9 Å². The SMILES string of the molecule is C.O=C1N[C@H](Cc2c[nH]c3c(Cl)cccc23)C(=O)N1Cc1ccc(F)cc1Cl. The fourth-order valence-electron chi connectivity index (χ4n) is 3.25. The molecule has 0 bridgehead atoms. The number of nitrogens with zero attached hydrogens (tertiary/aromatic N) is 1. The Kier molecular flexibility index (Phi) is 5.63. The van der Waals surface area contributed by atoms with Gasteiger partial charge >= 0.3 is 6.03 Å². The lowest BCUT2D eigenvalue weighted by Gasteiger charge is -2.14. The van der Waals surface area contributed by atoms with Crippen molar-refractivity contribution in [1.82, 2.24) is 15.2 Å². The number of aromatic nitrogens is 1. The minimum Gasteiger partial charge on any atom is -0.360 e. The highest BCUT2D eigenvalue weighted by Crippen LogP contribution is 2.27. The van der Waals surface area contributed by atoms with Crippen LogP contribution in [0, 0.1) is 5.82 Å². The van der Waals surface area contributed by atoms with Gasteiger partial charge in [0.2, 0.25) is 0 Å². The predicted molar refractivity (Wildman–Crippen MR) is 108 cm³/mol. The van der Waals surface area contributed by atoms with E-state index in [0.29, 0.717) is 17.0 Å². The quantitative estimate of drug-likeness (QED) is 0.587. The van der Waals surface area contributed by atoms with Crippen molar-refractivity contribution in [3.8, 4) is 0 Å². The molecule has 2 aromatic carbocycles. The number of imide groups is 1. The first-order valence-electron chi connectivity index (χ1n) is 8.24. The van der Waals surface area contributed by atoms with E-state index >= 15 is 0 Å². The van der Waals surface area contributed by atoms with Gasteiger partial charge in [-0.1, -0.05) is 48.8 Å². The maximum absolute atomic E-state index is 13.2. The molecule has 28 heavy (non-hydrogen) atoms. The van der Waals surface area contributed by atoms with Gasteiger partial charge in [-0.15, -0.1) is 0 Å². The van der Waals surface area contributed by atoms with Crippen LogP contribution in [0.4, 0.5) is 9.18 Å². The number of fused-ring (bicyclic) bond motifs is 1. The summed E-state index contributed by atoms with van der Waals surface area (Å²) in [5.74, 6) is -0.825. The average Bonchev–Trinajstić information content (AvgIpc) is 3.15. The maximum Gasteiger partial charge on any atom is 0.325 e. The topological polar surface area (TPSA) is 65.2 Å². The second-order valence-electron chi connectivity index (χ2n) is 6.34. The number of urea groups is 1. The molecule has 1 aliphatic rings. The van der Waals surface area contributed by atoms with Crippen molar-refractivity contribution in [2.75, 3.05) is 0 Å². The van der Waals surface area contributed by atoms with Gasteiger partial charge in [0.05, 0.1) is 17.1 Å². The number of halogens is 3. The number of rotatable bonds is 4. The summed E-state index contributed by atoms with van der Waals surface area (Å²) < 4.78 is 13.2. The number of hydrogen-bond donors (Lipinski definition) is 2. The summed E-state index contributed by atoms with van der Waals surface area (Å²) in [7, 11) is 0. The zero-order valence-corrected chi connectivity index (χ0v) is 15.4. The summed E-state index contributed by atoms with van der Waals surface area (Å²) in [4.78, 5) is 29.2. The summed E-state index contributed by atoms with van der Waals surface area (Å²) in [6.07, 6.45) is 2.12. The van der Waals surface area contributed by atoms with E-state index in [4.69, 9.17) is 23.2 Å². The van der Waals surface area contributed by atoms with Gasteiger partial charge in [0.15, 0.2) is 0 Å². The molecule has 4 rings (SSSR count). The normalized spacial score (nSPS) is 16.4. The molecule has 146 valence electrons. The molecule has 1 aliphatic heterocycles. The highest BCUT2D eigenvalue weighted by atomic mass is 35.5. The molecule has 0 saturated carbocycles. The van der Waals surface area contributed by atoms with E-state index in [1.165, 1.54) is 12.1 Å². The van der Waals surface area contributed by atoms with E-state index in [1.807, 2.05) is 12.1 Å². The third-order valence-corrected chi connectivity index (χ3v) is 5.29. The Balaban J connectivity index is 0.00000225. The average molecular weight is 422 g/mol. The first-order chi connectivity index (χ1) is 12.9. The van der Waals surface area contributed by atoms with Gasteiger partial charge in [-0.3, -0.25) is 9.69 Å². The van der Waals surface area contributed by atoms with Gasteiger partial charge in [-0.2, -0.15) is 0 Å². The number of hydrogen-bond acceptors (Lipinski definition) is 2. The number of amides is 3. The molecule has 2 heterocycles. The lowest BCUT2D eigenvalue weighted by molar-refractivity contribution is -0.127. The van der Waals surface area contributed by atoms with Crippen molar-refractivity contribution in [3.63, 3.8) is 0 Å². The molecule has 3 amide bonds. The van der Waals surface area contributed by atoms with Gasteiger partial charge in [0.25, 0.3) is 5.91 Å². The van der Waals surface area contributed by atoms with Crippen molar-refractivity contribution in [2.24, 2.45) is 0 Å². The lowest BCUT2D eigenvalue weighted by atomic mass is 10.0. The molecule has 5 nitrogen and oxygen atoms in total. The third-order valence-electron chi connectivity index (χ3n) is 4.62. The van der Waals surface area contributed by atoms with E-state index < -0.39 is 17.9 Å². The van der Waals surface area contributed by atoms with Crippen LogP contribution in [0.2, 0.25) is 10.0 Å². The summed E-state index contributed by atoms with van der Waals surface area (Å²) in [5, 5.41) is 4.37. The number of carbonyl (C=O) groups excluding carboxylic acids is 2. The van der Waals surface area contributed by atoms with Crippen LogP contribution in [0.1, 0.15) is 18.6 Å². The maximum atomic E-state index is 13.2. The molecule has 0 aliphatic carbocycles. The summed E-state index contributed by atoms with van der Waals surface area (Å²) in [6, 6.07) is 8.20. The molecule has 0 spiro atoms. The molecule has 3 aromatic rings. The molecule has 2 N–H and O–H groups in total. The number of nitrogens with one attached hydrogen (secondary N) is 2. The molecule has 1 aromatic heterocycles. The van der Waals surface area contributed by atoms with Crippen molar-refractivity contribution in [2.45, 2.75) is 26.4 Å². The van der Waals surface area contributed by atoms with Crippen LogP contribution >= 0.6 is 23.2 Å². The van der Waals surface area contributed by atoms with Crippen LogP contribution in [-0.2, 0) is 17.8 Å². The van der Waals surface area contributed by atoms with Crippen molar-refractivity contribution >= 4 is 46.0 Å². The Labute approximate surface area is 171 Å². The van der Waals surface area contributed by atoms with E-state index in [1.54, 1.807) is 12.3 Å². The Bertz CT molecular complexity index is 1070. The van der Waals surface area contributed by atoms with Crippen molar-refractivity contribution in [1.29, 1.82) is 0 Å². The Hall–Kier alpha value is -2.57. The number of H-pyrrole nitrogens is 1. The van der Waals surface area contributed by atoms with E-state index in [-0.39, 0.29) is 24.9 Å². The number of para-hydroxylation sites is 1. The fraction of sp³-hybridized carbons (Fsp3) is 0.200. The summed E-state index contributed by atoms with van der Waals surface area (Å²) >= 11 is 12.2. The number of aromatic amines is 1. The van der Waals surface area contributed by atoms with Crippen molar-refractivity contribution in [3.05, 3.63) is 69.6 Å². The minimum absolute atomic E-state index is 0. The Morgan fingerprint density at radius 3 is 2.61 bits per heavy atom. The van der Waals surface area contributed by atoms with Crippen LogP contribution in [0.5, 0.6) is 0 Å². The lowest BCUT2D eigenvalue weighted by Crippen LogP contribution is -2.32. The smallest absolute Gasteiger partial charge is 0.325 e. The third kappa shape index (κ3) is 3.57. The van der Waals surface area contributed by atoms with Gasteiger partial charge in [0.1, 0.15) is 11.9 Å². The highest BCUT2D eigenvalue weighted by molar-refractivity contribution is 6.35. The molecule has 1 saturated heterocycles. The predicted octanol–water partition coefficient (Wildman–Crippen LogP) is 4.91. The molecular formula is C20H18Cl2FN3O2. The molecule has 0 radical (unpaired) electrons. The van der Waals surface area contributed by atoms with E-state index in [2.05, 4.69) is 10.3 Å². The van der Waals surface area contributed by atoms with Crippen LogP contribution < -0.4 is 5.32 Å². The number of benzene rings is 2. The largest absolute Gasteiger partial charge is 0.360 e.